The number of hydrogen-bond donors (Lipinski definition) is 1. The van der Waals surface area contributed by atoms with E-state index < -0.39 is 16.0 Å². The summed E-state index contributed by atoms with van der Waals surface area (Å²) in [5, 5.41) is 3.05. The van der Waals surface area contributed by atoms with Crippen molar-refractivity contribution in [3.63, 3.8) is 0 Å². The standard InChI is InChI=1S/C12H19N3O4S/c1-4-13-11-6-5-7-14-12(11)15(20(3,17)18)8-9-19-10(2)16/h5-7,13H,4,8-9H2,1-3H3. The number of sulfonamides is 1. The Morgan fingerprint density at radius 3 is 2.75 bits per heavy atom. The zero-order chi connectivity index (χ0) is 15.2. The molecule has 0 spiro atoms. The van der Waals surface area contributed by atoms with E-state index in [2.05, 4.69) is 10.3 Å². The molecular formula is C12H19N3O4S. The number of nitrogens with zero attached hydrogens (tertiary/aromatic N) is 2. The smallest absolute Gasteiger partial charge is 0.302 e. The van der Waals surface area contributed by atoms with Crippen LogP contribution >= 0.6 is 0 Å². The van der Waals surface area contributed by atoms with E-state index in [9.17, 15) is 13.2 Å². The lowest BCUT2D eigenvalue weighted by Gasteiger charge is -2.23. The molecule has 0 atom stereocenters. The molecule has 1 N–H and O–H groups in total. The van der Waals surface area contributed by atoms with Gasteiger partial charge in [-0.2, -0.15) is 0 Å². The minimum Gasteiger partial charge on any atom is -0.464 e. The highest BCUT2D eigenvalue weighted by atomic mass is 32.2. The first kappa shape index (κ1) is 16.2. The van der Waals surface area contributed by atoms with Gasteiger partial charge in [0.1, 0.15) is 6.61 Å². The number of rotatable bonds is 7. The predicted octanol–water partition coefficient (Wildman–Crippen LogP) is 0.842. The monoisotopic (exact) mass is 301 g/mol. The summed E-state index contributed by atoms with van der Waals surface area (Å²) in [6, 6.07) is 3.46. The van der Waals surface area contributed by atoms with Crippen LogP contribution in [0.4, 0.5) is 11.5 Å². The second kappa shape index (κ2) is 7.09. The lowest BCUT2D eigenvalue weighted by molar-refractivity contribution is -0.140. The third kappa shape index (κ3) is 4.69. The minimum atomic E-state index is -3.52. The highest BCUT2D eigenvalue weighted by Crippen LogP contribution is 2.24. The van der Waals surface area contributed by atoms with Crippen molar-refractivity contribution in [2.24, 2.45) is 0 Å². The molecule has 1 aromatic rings. The number of pyridine rings is 1. The van der Waals surface area contributed by atoms with E-state index in [-0.39, 0.29) is 13.2 Å². The number of hydrogen-bond acceptors (Lipinski definition) is 6. The van der Waals surface area contributed by atoms with Gasteiger partial charge in [-0.3, -0.25) is 4.79 Å². The van der Waals surface area contributed by atoms with Gasteiger partial charge in [-0.1, -0.05) is 0 Å². The van der Waals surface area contributed by atoms with Gasteiger partial charge in [-0.15, -0.1) is 0 Å². The van der Waals surface area contributed by atoms with Crippen molar-refractivity contribution in [3.8, 4) is 0 Å². The first-order valence-electron chi connectivity index (χ1n) is 6.16. The lowest BCUT2D eigenvalue weighted by atomic mass is 10.3. The van der Waals surface area contributed by atoms with E-state index in [0.29, 0.717) is 18.1 Å². The first-order valence-corrected chi connectivity index (χ1v) is 8.01. The van der Waals surface area contributed by atoms with Crippen LogP contribution < -0.4 is 9.62 Å². The van der Waals surface area contributed by atoms with Crippen molar-refractivity contribution >= 4 is 27.5 Å². The number of carbonyl (C=O) groups excluding carboxylic acids is 1. The number of carbonyl (C=O) groups is 1. The molecule has 0 aliphatic rings. The Bertz CT molecular complexity index is 560. The molecule has 1 heterocycles. The van der Waals surface area contributed by atoms with Gasteiger partial charge < -0.3 is 10.1 Å². The molecule has 1 aromatic heterocycles. The van der Waals surface area contributed by atoms with Gasteiger partial charge in [-0.05, 0) is 19.1 Å². The quantitative estimate of drug-likeness (QED) is 0.751. The van der Waals surface area contributed by atoms with Crippen molar-refractivity contribution in [1.29, 1.82) is 0 Å². The molecule has 0 unspecified atom stereocenters. The Morgan fingerprint density at radius 1 is 1.50 bits per heavy atom. The molecule has 7 nitrogen and oxygen atoms in total. The Labute approximate surface area is 119 Å². The minimum absolute atomic E-state index is 0.0216. The molecule has 0 radical (unpaired) electrons. The summed E-state index contributed by atoms with van der Waals surface area (Å²) >= 11 is 0. The Morgan fingerprint density at radius 2 is 2.20 bits per heavy atom. The SMILES string of the molecule is CCNc1cccnc1N(CCOC(C)=O)S(C)(=O)=O. The fourth-order valence-corrected chi connectivity index (χ4v) is 2.49. The molecule has 0 saturated carbocycles. The van der Waals surface area contributed by atoms with Crippen LogP contribution in [-0.4, -0.2) is 45.3 Å². The third-order valence-electron chi connectivity index (χ3n) is 2.39. The average molecular weight is 301 g/mol. The average Bonchev–Trinajstić information content (AvgIpc) is 2.34. The number of anilines is 2. The van der Waals surface area contributed by atoms with Gasteiger partial charge in [0.15, 0.2) is 5.82 Å². The van der Waals surface area contributed by atoms with Crippen LogP contribution in [0.3, 0.4) is 0 Å². The van der Waals surface area contributed by atoms with Crippen molar-refractivity contribution in [3.05, 3.63) is 18.3 Å². The van der Waals surface area contributed by atoms with Crippen LogP contribution in [-0.2, 0) is 19.6 Å². The second-order valence-corrected chi connectivity index (χ2v) is 5.99. The Balaban J connectivity index is 3.02. The molecule has 0 amide bonds. The normalized spacial score (nSPS) is 10.9. The van der Waals surface area contributed by atoms with Crippen molar-refractivity contribution in [2.45, 2.75) is 13.8 Å². The van der Waals surface area contributed by atoms with E-state index in [1.807, 2.05) is 6.92 Å². The van der Waals surface area contributed by atoms with Crippen LogP contribution in [0.2, 0.25) is 0 Å². The number of esters is 1. The number of aromatic nitrogens is 1. The molecule has 0 aromatic carbocycles. The highest BCUT2D eigenvalue weighted by Gasteiger charge is 2.21. The van der Waals surface area contributed by atoms with Gasteiger partial charge in [0.25, 0.3) is 0 Å². The Kier molecular flexibility index (Phi) is 5.75. The van der Waals surface area contributed by atoms with Crippen LogP contribution in [0.1, 0.15) is 13.8 Å². The van der Waals surface area contributed by atoms with E-state index in [1.54, 1.807) is 12.1 Å². The molecule has 0 fully saturated rings. The fourth-order valence-electron chi connectivity index (χ4n) is 1.63. The summed E-state index contributed by atoms with van der Waals surface area (Å²) in [4.78, 5) is 14.9. The maximum atomic E-state index is 11.9. The van der Waals surface area contributed by atoms with Crippen LogP contribution in [0.25, 0.3) is 0 Å². The molecular weight excluding hydrogens is 282 g/mol. The van der Waals surface area contributed by atoms with Crippen LogP contribution in [0.5, 0.6) is 0 Å². The van der Waals surface area contributed by atoms with Gasteiger partial charge in [0.2, 0.25) is 10.0 Å². The van der Waals surface area contributed by atoms with E-state index in [0.717, 1.165) is 10.6 Å². The summed E-state index contributed by atoms with van der Waals surface area (Å²) in [5.74, 6) is -0.157. The van der Waals surface area contributed by atoms with Crippen molar-refractivity contribution in [2.75, 3.05) is 35.6 Å². The molecule has 112 valence electrons. The largest absolute Gasteiger partial charge is 0.464 e. The van der Waals surface area contributed by atoms with E-state index in [4.69, 9.17) is 4.74 Å². The summed E-state index contributed by atoms with van der Waals surface area (Å²) in [7, 11) is -3.52. The number of ether oxygens (including phenoxy) is 1. The van der Waals surface area contributed by atoms with Gasteiger partial charge in [-0.25, -0.2) is 17.7 Å². The maximum Gasteiger partial charge on any atom is 0.302 e. The maximum absolute atomic E-state index is 11.9. The topological polar surface area (TPSA) is 88.6 Å². The molecule has 0 saturated heterocycles. The zero-order valence-corrected chi connectivity index (χ0v) is 12.6. The van der Waals surface area contributed by atoms with Crippen LogP contribution in [0, 0.1) is 0 Å². The fraction of sp³-hybridized carbons (Fsp3) is 0.500. The first-order chi connectivity index (χ1) is 9.36. The molecule has 0 aliphatic heterocycles. The highest BCUT2D eigenvalue weighted by molar-refractivity contribution is 7.92. The van der Waals surface area contributed by atoms with E-state index >= 15 is 0 Å². The second-order valence-electron chi connectivity index (χ2n) is 4.08. The van der Waals surface area contributed by atoms with Crippen molar-refractivity contribution in [1.82, 2.24) is 4.98 Å². The molecule has 8 heteroatoms. The van der Waals surface area contributed by atoms with Crippen molar-refractivity contribution < 1.29 is 17.9 Å². The van der Waals surface area contributed by atoms with Crippen LogP contribution in [0.15, 0.2) is 18.3 Å². The zero-order valence-electron chi connectivity index (χ0n) is 11.8. The van der Waals surface area contributed by atoms with Gasteiger partial charge >= 0.3 is 5.97 Å². The Hall–Kier alpha value is -1.83. The summed E-state index contributed by atoms with van der Waals surface area (Å²) in [5.41, 5.74) is 0.614. The molecule has 0 bridgehead atoms. The lowest BCUT2D eigenvalue weighted by Crippen LogP contribution is -2.34. The molecule has 1 rings (SSSR count). The predicted molar refractivity (Wildman–Crippen MR) is 77.2 cm³/mol. The molecule has 0 aliphatic carbocycles. The van der Waals surface area contributed by atoms with Gasteiger partial charge in [0, 0.05) is 19.7 Å². The van der Waals surface area contributed by atoms with Gasteiger partial charge in [0.05, 0.1) is 18.5 Å². The molecule has 20 heavy (non-hydrogen) atoms. The summed E-state index contributed by atoms with van der Waals surface area (Å²) in [6.45, 7) is 3.81. The number of nitrogens with one attached hydrogen (secondary N) is 1. The summed E-state index contributed by atoms with van der Waals surface area (Å²) in [6.07, 6.45) is 2.60. The summed E-state index contributed by atoms with van der Waals surface area (Å²) < 4.78 is 29.7. The third-order valence-corrected chi connectivity index (χ3v) is 3.55. The van der Waals surface area contributed by atoms with E-state index in [1.165, 1.54) is 13.1 Å².